The Kier molecular flexibility index (Phi) is 8.18. The highest BCUT2D eigenvalue weighted by Gasteiger charge is 2.48. The van der Waals surface area contributed by atoms with E-state index in [2.05, 4.69) is 6.92 Å². The van der Waals surface area contributed by atoms with E-state index in [4.69, 9.17) is 4.74 Å². The van der Waals surface area contributed by atoms with E-state index in [1.165, 1.54) is 0 Å². The first-order valence-corrected chi connectivity index (χ1v) is 12.8. The molecule has 8 heteroatoms. The Bertz CT molecular complexity index is 637. The fourth-order valence-electron chi connectivity index (χ4n) is 5.99. The van der Waals surface area contributed by atoms with E-state index in [9.17, 15) is 18.4 Å². The lowest BCUT2D eigenvalue weighted by molar-refractivity contribution is -0.142. The number of amides is 2. The maximum Gasteiger partial charge on any atom is 0.410 e. The Hall–Kier alpha value is -1.15. The van der Waals surface area contributed by atoms with Crippen LogP contribution in [0.4, 0.5) is 4.79 Å². The van der Waals surface area contributed by atoms with Crippen molar-refractivity contribution in [3.05, 3.63) is 0 Å². The zero-order chi connectivity index (χ0) is 21.8. The van der Waals surface area contributed by atoms with Gasteiger partial charge in [-0.1, -0.05) is 13.3 Å². The van der Waals surface area contributed by atoms with Crippen LogP contribution < -0.4 is 0 Å². The van der Waals surface area contributed by atoms with Gasteiger partial charge in [0.1, 0.15) is 0 Å². The van der Waals surface area contributed by atoms with E-state index < -0.39 is 11.1 Å². The maximum absolute atomic E-state index is 12.9. The van der Waals surface area contributed by atoms with E-state index in [0.717, 1.165) is 57.8 Å². The summed E-state index contributed by atoms with van der Waals surface area (Å²) in [7, 11) is 0. The predicted octanol–water partition coefficient (Wildman–Crippen LogP) is 3.79. The minimum Gasteiger partial charge on any atom is -0.449 e. The van der Waals surface area contributed by atoms with Crippen LogP contribution in [0.15, 0.2) is 0 Å². The molecule has 1 saturated heterocycles. The highest BCUT2D eigenvalue weighted by Crippen LogP contribution is 2.43. The topological polar surface area (TPSA) is 87.2 Å². The lowest BCUT2D eigenvalue weighted by Crippen LogP contribution is -2.67. The molecule has 3 fully saturated rings. The van der Waals surface area contributed by atoms with Gasteiger partial charge < -0.3 is 19.1 Å². The lowest BCUT2D eigenvalue weighted by atomic mass is 9.69. The summed E-state index contributed by atoms with van der Waals surface area (Å²) in [6, 6.07) is 0.0548. The number of ether oxygens (including phenoxy) is 1. The number of fused-ring (bicyclic) bond motifs is 1. The summed E-state index contributed by atoms with van der Waals surface area (Å²) >= 11 is -1.72. The SMILES string of the molecule is CCCCOC(=O)N1C[C@H](C)N(C(C)=O)C2CCC(C3CCC(S(=O)O)CC3)CC21. The molecule has 3 rings (SSSR count). The molecular weight excluding hydrogens is 404 g/mol. The molecule has 2 saturated carbocycles. The molecule has 0 spiro atoms. The first-order valence-electron chi connectivity index (χ1n) is 11.6. The Balaban J connectivity index is 1.71. The van der Waals surface area contributed by atoms with Crippen LogP contribution in [0.2, 0.25) is 0 Å². The van der Waals surface area contributed by atoms with Crippen LogP contribution in [0.25, 0.3) is 0 Å². The summed E-state index contributed by atoms with van der Waals surface area (Å²) < 4.78 is 26.4. The van der Waals surface area contributed by atoms with Crippen molar-refractivity contribution in [2.24, 2.45) is 11.8 Å². The van der Waals surface area contributed by atoms with Gasteiger partial charge >= 0.3 is 6.09 Å². The van der Waals surface area contributed by atoms with Crippen molar-refractivity contribution in [3.63, 3.8) is 0 Å². The smallest absolute Gasteiger partial charge is 0.410 e. The quantitative estimate of drug-likeness (QED) is 0.517. The number of carbonyl (C=O) groups is 2. The summed E-state index contributed by atoms with van der Waals surface area (Å²) in [6.07, 6.45) is 8.01. The van der Waals surface area contributed by atoms with Crippen molar-refractivity contribution in [1.29, 1.82) is 0 Å². The van der Waals surface area contributed by atoms with Gasteiger partial charge in [0.2, 0.25) is 5.91 Å². The molecule has 1 heterocycles. The Morgan fingerprint density at radius 2 is 1.73 bits per heavy atom. The summed E-state index contributed by atoms with van der Waals surface area (Å²) in [5.74, 6) is 1.11. The van der Waals surface area contributed by atoms with Gasteiger partial charge in [-0.25, -0.2) is 9.00 Å². The van der Waals surface area contributed by atoms with Crippen molar-refractivity contribution < 1.29 is 23.1 Å². The molecule has 0 aromatic carbocycles. The van der Waals surface area contributed by atoms with E-state index in [-0.39, 0.29) is 35.4 Å². The molecule has 30 heavy (non-hydrogen) atoms. The van der Waals surface area contributed by atoms with Gasteiger partial charge in [0.25, 0.3) is 0 Å². The van der Waals surface area contributed by atoms with Crippen LogP contribution in [0.5, 0.6) is 0 Å². The summed E-state index contributed by atoms with van der Waals surface area (Å²) in [5.41, 5.74) is 0. The van der Waals surface area contributed by atoms with Crippen molar-refractivity contribution in [2.45, 2.75) is 102 Å². The monoisotopic (exact) mass is 442 g/mol. The Morgan fingerprint density at radius 3 is 2.33 bits per heavy atom. The number of nitrogens with zero attached hydrogens (tertiary/aromatic N) is 2. The highest BCUT2D eigenvalue weighted by molar-refractivity contribution is 7.79. The van der Waals surface area contributed by atoms with Crippen molar-refractivity contribution in [2.75, 3.05) is 13.2 Å². The second kappa shape index (κ2) is 10.4. The van der Waals surface area contributed by atoms with Gasteiger partial charge in [-0.05, 0) is 70.1 Å². The second-order valence-electron chi connectivity index (χ2n) is 9.42. The van der Waals surface area contributed by atoms with Gasteiger partial charge in [0.15, 0.2) is 11.1 Å². The van der Waals surface area contributed by atoms with Crippen LogP contribution in [-0.2, 0) is 20.6 Å². The molecule has 7 nitrogen and oxygen atoms in total. The molecule has 1 aliphatic heterocycles. The number of hydrogen-bond acceptors (Lipinski definition) is 4. The van der Waals surface area contributed by atoms with Crippen LogP contribution in [0.3, 0.4) is 0 Å². The molecular formula is C22H38N2O5S. The summed E-state index contributed by atoms with van der Waals surface area (Å²) in [4.78, 5) is 29.1. The van der Waals surface area contributed by atoms with Crippen molar-refractivity contribution in [1.82, 2.24) is 9.80 Å². The normalized spacial score (nSPS) is 35.5. The van der Waals surface area contributed by atoms with Crippen LogP contribution >= 0.6 is 0 Å². The van der Waals surface area contributed by atoms with E-state index in [1.807, 2.05) is 16.7 Å². The first kappa shape index (κ1) is 23.5. The molecule has 172 valence electrons. The molecule has 5 atom stereocenters. The van der Waals surface area contributed by atoms with E-state index in [0.29, 0.717) is 25.0 Å². The fraction of sp³-hybridized carbons (Fsp3) is 0.909. The van der Waals surface area contributed by atoms with E-state index >= 15 is 0 Å². The van der Waals surface area contributed by atoms with Gasteiger partial charge in [-0.3, -0.25) is 4.79 Å². The molecule has 0 aromatic heterocycles. The molecule has 3 aliphatic rings. The minimum absolute atomic E-state index is 0.00248. The number of piperazine rings is 1. The predicted molar refractivity (Wildman–Crippen MR) is 116 cm³/mol. The number of unbranched alkanes of at least 4 members (excludes halogenated alkanes) is 1. The largest absolute Gasteiger partial charge is 0.449 e. The molecule has 1 N–H and O–H groups in total. The van der Waals surface area contributed by atoms with E-state index in [1.54, 1.807) is 6.92 Å². The lowest BCUT2D eigenvalue weighted by Gasteiger charge is -2.54. The molecule has 0 bridgehead atoms. The van der Waals surface area contributed by atoms with Crippen LogP contribution in [-0.4, -0.2) is 67.1 Å². The number of rotatable bonds is 5. The molecule has 0 aromatic rings. The summed E-state index contributed by atoms with van der Waals surface area (Å²) in [5, 5.41) is -0.0913. The summed E-state index contributed by atoms with van der Waals surface area (Å²) in [6.45, 7) is 6.69. The molecule has 2 amide bonds. The maximum atomic E-state index is 12.9. The van der Waals surface area contributed by atoms with Gasteiger partial charge in [-0.15, -0.1) is 0 Å². The average Bonchev–Trinajstić information content (AvgIpc) is 2.72. The van der Waals surface area contributed by atoms with Crippen LogP contribution in [0.1, 0.15) is 78.6 Å². The molecule has 4 unspecified atom stereocenters. The Morgan fingerprint density at radius 1 is 1.07 bits per heavy atom. The molecule has 2 aliphatic carbocycles. The highest BCUT2D eigenvalue weighted by atomic mass is 32.2. The van der Waals surface area contributed by atoms with Gasteiger partial charge in [0.05, 0.1) is 23.9 Å². The number of hydrogen-bond donors (Lipinski definition) is 1. The fourth-order valence-corrected chi connectivity index (χ4v) is 6.66. The standard InChI is InChI=1S/C22H38N2O5S/c1-4-5-12-29-22(26)23-14-15(2)24(16(3)25)20-11-8-18(13-21(20)23)17-6-9-19(10-7-17)30(27)28/h15,17-21H,4-14H2,1-3H3,(H,27,28)/t15-,17?,18?,19?,20?,21?/m0/s1. The molecule has 0 radical (unpaired) electrons. The zero-order valence-electron chi connectivity index (χ0n) is 18.6. The third-order valence-corrected chi connectivity index (χ3v) is 8.55. The van der Waals surface area contributed by atoms with Crippen molar-refractivity contribution >= 4 is 23.1 Å². The number of carbonyl (C=O) groups excluding carboxylic acids is 2. The van der Waals surface area contributed by atoms with Gasteiger partial charge in [-0.2, -0.15) is 0 Å². The average molecular weight is 443 g/mol. The zero-order valence-corrected chi connectivity index (χ0v) is 19.4. The first-order chi connectivity index (χ1) is 14.3. The Labute approximate surface area is 183 Å². The third kappa shape index (κ3) is 5.18. The minimum atomic E-state index is -1.72. The second-order valence-corrected chi connectivity index (χ2v) is 10.6. The van der Waals surface area contributed by atoms with Crippen LogP contribution in [0, 0.1) is 11.8 Å². The third-order valence-electron chi connectivity index (χ3n) is 7.51. The van der Waals surface area contributed by atoms with Crippen molar-refractivity contribution in [3.8, 4) is 0 Å². The van der Waals surface area contributed by atoms with Gasteiger partial charge in [0, 0.05) is 19.5 Å².